The third kappa shape index (κ3) is 2.34. The summed E-state index contributed by atoms with van der Waals surface area (Å²) < 4.78 is 0. The van der Waals surface area contributed by atoms with Gasteiger partial charge in [0.05, 0.1) is 6.10 Å². The fourth-order valence-corrected chi connectivity index (χ4v) is 2.61. The molecule has 1 nitrogen and oxygen atoms in total. The topological polar surface area (TPSA) is 20.2 Å². The minimum atomic E-state index is -0.253. The van der Waals surface area contributed by atoms with E-state index in [9.17, 15) is 5.11 Å². The predicted molar refractivity (Wildman–Crippen MR) is 81.5 cm³/mol. The lowest BCUT2D eigenvalue weighted by Crippen LogP contribution is -2.08. The summed E-state index contributed by atoms with van der Waals surface area (Å²) in [6.07, 6.45) is 1.27. The van der Waals surface area contributed by atoms with E-state index in [-0.39, 0.29) is 6.10 Å². The van der Waals surface area contributed by atoms with Crippen LogP contribution in [-0.2, 0) is 6.42 Å². The van der Waals surface area contributed by atoms with E-state index >= 15 is 0 Å². The average Bonchev–Trinajstić information content (AvgIpc) is 2.45. The van der Waals surface area contributed by atoms with Crippen LogP contribution in [0, 0.1) is 0 Å². The molecule has 1 atom stereocenters. The lowest BCUT2D eigenvalue weighted by molar-refractivity contribution is 0.171. The van der Waals surface area contributed by atoms with Gasteiger partial charge in [-0.2, -0.15) is 0 Å². The van der Waals surface area contributed by atoms with Crippen LogP contribution < -0.4 is 0 Å². The van der Waals surface area contributed by atoms with Crippen LogP contribution in [0.2, 0.25) is 0 Å². The van der Waals surface area contributed by atoms with Crippen molar-refractivity contribution >= 4 is 21.5 Å². The van der Waals surface area contributed by atoms with Crippen molar-refractivity contribution in [3.8, 4) is 0 Å². The van der Waals surface area contributed by atoms with Gasteiger partial charge in [0.15, 0.2) is 0 Å². The smallest absolute Gasteiger partial charge is 0.0578 e. The summed E-state index contributed by atoms with van der Waals surface area (Å²) >= 11 is 0. The molecule has 0 bridgehead atoms. The standard InChI is InChI=1S/C18H18O/c1-2-17(19)11-16-9-5-8-15-10-13-6-3-4-7-14(13)12-18(15)16/h3-10,12,17,19H,2,11H2,1H3. The number of aliphatic hydroxyl groups is 1. The van der Waals surface area contributed by atoms with Gasteiger partial charge in [0.1, 0.15) is 0 Å². The third-order valence-corrected chi connectivity index (χ3v) is 3.76. The zero-order valence-corrected chi connectivity index (χ0v) is 11.1. The van der Waals surface area contributed by atoms with Crippen molar-refractivity contribution in [2.45, 2.75) is 25.9 Å². The van der Waals surface area contributed by atoms with Gasteiger partial charge in [0.2, 0.25) is 0 Å². The van der Waals surface area contributed by atoms with E-state index in [4.69, 9.17) is 0 Å². The first kappa shape index (κ1) is 12.2. The van der Waals surface area contributed by atoms with E-state index in [1.807, 2.05) is 6.92 Å². The molecule has 0 heterocycles. The second kappa shape index (κ2) is 5.02. The van der Waals surface area contributed by atoms with E-state index in [0.717, 1.165) is 12.8 Å². The average molecular weight is 250 g/mol. The van der Waals surface area contributed by atoms with Gasteiger partial charge in [-0.15, -0.1) is 0 Å². The Bertz CT molecular complexity index is 715. The molecule has 0 radical (unpaired) electrons. The summed E-state index contributed by atoms with van der Waals surface area (Å²) in [6, 6.07) is 19.2. The van der Waals surface area contributed by atoms with Crippen molar-refractivity contribution in [2.75, 3.05) is 0 Å². The molecule has 0 spiro atoms. The molecule has 0 aliphatic carbocycles. The van der Waals surface area contributed by atoms with Crippen LogP contribution in [0.3, 0.4) is 0 Å². The summed E-state index contributed by atoms with van der Waals surface area (Å²) in [7, 11) is 0. The quantitative estimate of drug-likeness (QED) is 0.687. The summed E-state index contributed by atoms with van der Waals surface area (Å²) in [5, 5.41) is 14.9. The van der Waals surface area contributed by atoms with Crippen molar-refractivity contribution in [1.29, 1.82) is 0 Å². The Morgan fingerprint density at radius 1 is 0.895 bits per heavy atom. The van der Waals surface area contributed by atoms with Crippen LogP contribution in [-0.4, -0.2) is 11.2 Å². The summed E-state index contributed by atoms with van der Waals surface area (Å²) in [5.41, 5.74) is 1.23. The van der Waals surface area contributed by atoms with Gasteiger partial charge in [-0.1, -0.05) is 49.4 Å². The number of benzene rings is 3. The maximum absolute atomic E-state index is 9.88. The molecule has 19 heavy (non-hydrogen) atoms. The summed E-state index contributed by atoms with van der Waals surface area (Å²) in [4.78, 5) is 0. The number of aliphatic hydroxyl groups excluding tert-OH is 1. The Labute approximate surface area is 113 Å². The fraction of sp³-hybridized carbons (Fsp3) is 0.222. The highest BCUT2D eigenvalue weighted by atomic mass is 16.3. The molecule has 0 amide bonds. The molecule has 0 fully saturated rings. The number of hydrogen-bond donors (Lipinski definition) is 1. The highest BCUT2D eigenvalue weighted by molar-refractivity contribution is 5.99. The summed E-state index contributed by atoms with van der Waals surface area (Å²) in [5.74, 6) is 0. The molecule has 0 saturated heterocycles. The first-order chi connectivity index (χ1) is 9.28. The molecular formula is C18H18O. The maximum Gasteiger partial charge on any atom is 0.0578 e. The molecule has 96 valence electrons. The van der Waals surface area contributed by atoms with Gasteiger partial charge in [0.25, 0.3) is 0 Å². The Balaban J connectivity index is 2.20. The fourth-order valence-electron chi connectivity index (χ4n) is 2.61. The minimum Gasteiger partial charge on any atom is -0.393 e. The lowest BCUT2D eigenvalue weighted by Gasteiger charge is -2.11. The van der Waals surface area contributed by atoms with Crippen molar-refractivity contribution < 1.29 is 5.11 Å². The van der Waals surface area contributed by atoms with Crippen molar-refractivity contribution in [3.05, 3.63) is 60.2 Å². The SMILES string of the molecule is CCC(O)Cc1cccc2cc3ccccc3cc12. The molecule has 1 unspecified atom stereocenters. The van der Waals surface area contributed by atoms with Gasteiger partial charge in [-0.25, -0.2) is 0 Å². The second-order valence-electron chi connectivity index (χ2n) is 5.10. The van der Waals surface area contributed by atoms with E-state index in [1.54, 1.807) is 0 Å². The molecule has 1 heteroatoms. The van der Waals surface area contributed by atoms with Crippen molar-refractivity contribution in [2.24, 2.45) is 0 Å². The van der Waals surface area contributed by atoms with E-state index in [1.165, 1.54) is 27.1 Å². The van der Waals surface area contributed by atoms with E-state index in [0.29, 0.717) is 0 Å². The predicted octanol–water partition coefficient (Wildman–Crippen LogP) is 4.31. The minimum absolute atomic E-state index is 0.253. The van der Waals surface area contributed by atoms with Crippen LogP contribution in [0.5, 0.6) is 0 Å². The highest BCUT2D eigenvalue weighted by Gasteiger charge is 2.07. The Hall–Kier alpha value is -1.86. The molecule has 3 rings (SSSR count). The Morgan fingerprint density at radius 2 is 1.58 bits per heavy atom. The molecule has 3 aromatic carbocycles. The molecule has 0 aliphatic heterocycles. The van der Waals surface area contributed by atoms with Crippen LogP contribution in [0.25, 0.3) is 21.5 Å². The molecule has 0 saturated carbocycles. The largest absolute Gasteiger partial charge is 0.393 e. The number of rotatable bonds is 3. The van der Waals surface area contributed by atoms with Gasteiger partial charge in [0, 0.05) is 0 Å². The maximum atomic E-state index is 9.88. The second-order valence-corrected chi connectivity index (χ2v) is 5.10. The zero-order chi connectivity index (χ0) is 13.2. The van der Waals surface area contributed by atoms with Crippen LogP contribution in [0.1, 0.15) is 18.9 Å². The molecule has 0 aromatic heterocycles. The first-order valence-electron chi connectivity index (χ1n) is 6.86. The van der Waals surface area contributed by atoms with Gasteiger partial charge in [-0.3, -0.25) is 0 Å². The van der Waals surface area contributed by atoms with Crippen LogP contribution in [0.4, 0.5) is 0 Å². The van der Waals surface area contributed by atoms with E-state index < -0.39 is 0 Å². The molecule has 0 aliphatic rings. The summed E-state index contributed by atoms with van der Waals surface area (Å²) in [6.45, 7) is 2.02. The van der Waals surface area contributed by atoms with Crippen LogP contribution >= 0.6 is 0 Å². The van der Waals surface area contributed by atoms with Crippen molar-refractivity contribution in [3.63, 3.8) is 0 Å². The van der Waals surface area contributed by atoms with Gasteiger partial charge in [-0.05, 0) is 52.1 Å². The van der Waals surface area contributed by atoms with Gasteiger partial charge >= 0.3 is 0 Å². The van der Waals surface area contributed by atoms with Crippen LogP contribution in [0.15, 0.2) is 54.6 Å². The molecule has 3 aromatic rings. The Morgan fingerprint density at radius 3 is 2.32 bits per heavy atom. The normalized spacial score (nSPS) is 12.9. The van der Waals surface area contributed by atoms with Gasteiger partial charge < -0.3 is 5.11 Å². The highest BCUT2D eigenvalue weighted by Crippen LogP contribution is 2.26. The van der Waals surface area contributed by atoms with Crippen molar-refractivity contribution in [1.82, 2.24) is 0 Å². The lowest BCUT2D eigenvalue weighted by atomic mass is 9.96. The number of hydrogen-bond acceptors (Lipinski definition) is 1. The monoisotopic (exact) mass is 250 g/mol. The zero-order valence-electron chi connectivity index (χ0n) is 11.1. The Kier molecular flexibility index (Phi) is 3.22. The van der Waals surface area contributed by atoms with E-state index in [2.05, 4.69) is 54.6 Å². The first-order valence-corrected chi connectivity index (χ1v) is 6.86. The molecule has 1 N–H and O–H groups in total. The third-order valence-electron chi connectivity index (χ3n) is 3.76. The molecular weight excluding hydrogens is 232 g/mol. The number of fused-ring (bicyclic) bond motifs is 2.